The molecule has 0 bridgehead atoms. The lowest BCUT2D eigenvalue weighted by molar-refractivity contribution is -0.142. The monoisotopic (exact) mass is 251 g/mol. The van der Waals surface area contributed by atoms with Crippen LogP contribution in [0, 0.1) is 11.3 Å². The number of hydrogen-bond donors (Lipinski definition) is 1. The molecule has 0 spiro atoms. The number of carbonyl (C=O) groups excluding carboxylic acids is 1. The van der Waals surface area contributed by atoms with Crippen molar-refractivity contribution in [1.82, 2.24) is 0 Å². The van der Waals surface area contributed by atoms with E-state index in [0.717, 1.165) is 0 Å². The van der Waals surface area contributed by atoms with E-state index >= 15 is 0 Å². The number of carbonyl (C=O) groups is 1. The van der Waals surface area contributed by atoms with Gasteiger partial charge in [-0.1, -0.05) is 6.07 Å². The zero-order valence-electron chi connectivity index (χ0n) is 9.69. The standard InChI is InChI=1S/C12H13NO3S/c1-3-16-10(14)6-8-4-5-9(7-13)11(15-2)12(8)17/h4-5,17H,3,6H2,1-2H3. The summed E-state index contributed by atoms with van der Waals surface area (Å²) in [5.74, 6) is 0.0622. The molecular formula is C12H13NO3S. The molecule has 0 fully saturated rings. The van der Waals surface area contributed by atoms with Gasteiger partial charge in [0, 0.05) is 0 Å². The number of ether oxygens (including phenoxy) is 2. The lowest BCUT2D eigenvalue weighted by Crippen LogP contribution is -2.08. The third-order valence-corrected chi connectivity index (χ3v) is 2.67. The summed E-state index contributed by atoms with van der Waals surface area (Å²) in [5.41, 5.74) is 1.08. The average Bonchev–Trinajstić information content (AvgIpc) is 2.31. The number of nitriles is 1. The minimum Gasteiger partial charge on any atom is -0.494 e. The third kappa shape index (κ3) is 3.14. The number of nitrogens with zero attached hydrogens (tertiary/aromatic N) is 1. The van der Waals surface area contributed by atoms with Crippen LogP contribution in [-0.4, -0.2) is 19.7 Å². The summed E-state index contributed by atoms with van der Waals surface area (Å²) in [7, 11) is 1.46. The number of esters is 1. The Labute approximate surface area is 106 Å². The molecule has 0 heterocycles. The highest BCUT2D eigenvalue weighted by Crippen LogP contribution is 2.30. The zero-order chi connectivity index (χ0) is 12.8. The van der Waals surface area contributed by atoms with Crippen LogP contribution in [0.2, 0.25) is 0 Å². The molecule has 90 valence electrons. The Morgan fingerprint density at radius 1 is 1.53 bits per heavy atom. The van der Waals surface area contributed by atoms with Crippen molar-refractivity contribution in [2.45, 2.75) is 18.2 Å². The van der Waals surface area contributed by atoms with Gasteiger partial charge in [0.25, 0.3) is 0 Å². The van der Waals surface area contributed by atoms with Crippen LogP contribution in [0.1, 0.15) is 18.1 Å². The summed E-state index contributed by atoms with van der Waals surface area (Å²) < 4.78 is 9.95. The molecule has 0 atom stereocenters. The Morgan fingerprint density at radius 2 is 2.24 bits per heavy atom. The van der Waals surface area contributed by atoms with Gasteiger partial charge in [0.2, 0.25) is 0 Å². The van der Waals surface area contributed by atoms with Gasteiger partial charge in [0.15, 0.2) is 0 Å². The lowest BCUT2D eigenvalue weighted by Gasteiger charge is -2.10. The van der Waals surface area contributed by atoms with Crippen molar-refractivity contribution >= 4 is 18.6 Å². The maximum Gasteiger partial charge on any atom is 0.310 e. The van der Waals surface area contributed by atoms with Crippen molar-refractivity contribution in [2.75, 3.05) is 13.7 Å². The van der Waals surface area contributed by atoms with E-state index in [2.05, 4.69) is 12.6 Å². The summed E-state index contributed by atoms with van der Waals surface area (Å²) in [5, 5.41) is 8.88. The van der Waals surface area contributed by atoms with Crippen molar-refractivity contribution in [3.8, 4) is 11.8 Å². The molecule has 0 unspecified atom stereocenters. The number of methoxy groups -OCH3 is 1. The first-order valence-corrected chi connectivity index (χ1v) is 5.53. The predicted molar refractivity (Wildman–Crippen MR) is 65.3 cm³/mol. The first kappa shape index (κ1) is 13.4. The highest BCUT2D eigenvalue weighted by molar-refractivity contribution is 7.80. The first-order chi connectivity index (χ1) is 8.13. The molecule has 5 heteroatoms. The summed E-state index contributed by atoms with van der Waals surface area (Å²) in [6.07, 6.45) is 0.120. The number of benzene rings is 1. The number of thiol groups is 1. The van der Waals surface area contributed by atoms with Gasteiger partial charge < -0.3 is 9.47 Å². The molecule has 0 saturated heterocycles. The summed E-state index contributed by atoms with van der Waals surface area (Å²) in [6, 6.07) is 5.29. The van der Waals surface area contributed by atoms with Crippen LogP contribution in [0.4, 0.5) is 0 Å². The Kier molecular flexibility index (Phi) is 4.85. The zero-order valence-corrected chi connectivity index (χ0v) is 10.6. The topological polar surface area (TPSA) is 59.3 Å². The second kappa shape index (κ2) is 6.16. The van der Waals surface area contributed by atoms with E-state index in [9.17, 15) is 4.79 Å². The van der Waals surface area contributed by atoms with E-state index in [0.29, 0.717) is 28.4 Å². The second-order valence-corrected chi connectivity index (χ2v) is 3.69. The van der Waals surface area contributed by atoms with Crippen molar-refractivity contribution in [3.05, 3.63) is 23.3 Å². The van der Waals surface area contributed by atoms with Gasteiger partial charge in [-0.3, -0.25) is 4.79 Å². The van der Waals surface area contributed by atoms with E-state index in [1.54, 1.807) is 19.1 Å². The van der Waals surface area contributed by atoms with Crippen LogP contribution in [0.5, 0.6) is 5.75 Å². The minimum atomic E-state index is -0.324. The van der Waals surface area contributed by atoms with E-state index in [1.807, 2.05) is 6.07 Å². The minimum absolute atomic E-state index is 0.120. The fraction of sp³-hybridized carbons (Fsp3) is 0.333. The molecule has 0 radical (unpaired) electrons. The van der Waals surface area contributed by atoms with Crippen molar-refractivity contribution in [3.63, 3.8) is 0 Å². The van der Waals surface area contributed by atoms with E-state index in [1.165, 1.54) is 7.11 Å². The Hall–Kier alpha value is -1.67. The highest BCUT2D eigenvalue weighted by atomic mass is 32.1. The van der Waals surface area contributed by atoms with E-state index < -0.39 is 0 Å². The van der Waals surface area contributed by atoms with Gasteiger partial charge in [0.1, 0.15) is 11.8 Å². The molecule has 0 aromatic heterocycles. The van der Waals surface area contributed by atoms with E-state index in [4.69, 9.17) is 14.7 Å². The smallest absolute Gasteiger partial charge is 0.310 e. The van der Waals surface area contributed by atoms with Crippen LogP contribution in [-0.2, 0) is 16.0 Å². The van der Waals surface area contributed by atoms with Crippen LogP contribution >= 0.6 is 12.6 Å². The quantitative estimate of drug-likeness (QED) is 0.656. The Balaban J connectivity index is 3.03. The summed E-state index contributed by atoms with van der Waals surface area (Å²) in [6.45, 7) is 2.09. The van der Waals surface area contributed by atoms with Crippen LogP contribution in [0.25, 0.3) is 0 Å². The first-order valence-electron chi connectivity index (χ1n) is 5.08. The second-order valence-electron chi connectivity index (χ2n) is 3.25. The third-order valence-electron chi connectivity index (χ3n) is 2.18. The molecule has 0 aliphatic carbocycles. The Morgan fingerprint density at radius 3 is 2.76 bits per heavy atom. The molecule has 0 aliphatic rings. The van der Waals surface area contributed by atoms with Gasteiger partial charge in [-0.2, -0.15) is 5.26 Å². The fourth-order valence-corrected chi connectivity index (χ4v) is 1.78. The Bertz CT molecular complexity index is 466. The number of rotatable bonds is 4. The molecule has 1 rings (SSSR count). The molecule has 0 aliphatic heterocycles. The molecule has 0 N–H and O–H groups in total. The van der Waals surface area contributed by atoms with Gasteiger partial charge in [-0.25, -0.2) is 0 Å². The molecule has 17 heavy (non-hydrogen) atoms. The predicted octanol–water partition coefficient (Wildman–Crippen LogP) is 1.96. The molecule has 1 aromatic carbocycles. The van der Waals surface area contributed by atoms with E-state index in [-0.39, 0.29) is 12.4 Å². The largest absolute Gasteiger partial charge is 0.494 e. The molecule has 1 aromatic rings. The van der Waals surface area contributed by atoms with Gasteiger partial charge in [-0.05, 0) is 18.6 Å². The van der Waals surface area contributed by atoms with Gasteiger partial charge in [0.05, 0.1) is 30.6 Å². The maximum absolute atomic E-state index is 11.4. The normalized spacial score (nSPS) is 9.53. The van der Waals surface area contributed by atoms with Gasteiger partial charge >= 0.3 is 5.97 Å². The maximum atomic E-state index is 11.4. The van der Waals surface area contributed by atoms with Crippen LogP contribution in [0.15, 0.2) is 17.0 Å². The van der Waals surface area contributed by atoms with Crippen molar-refractivity contribution in [1.29, 1.82) is 5.26 Å². The van der Waals surface area contributed by atoms with Gasteiger partial charge in [-0.15, -0.1) is 12.6 Å². The number of hydrogen-bond acceptors (Lipinski definition) is 5. The summed E-state index contributed by atoms with van der Waals surface area (Å²) in [4.78, 5) is 11.9. The molecule has 0 saturated carbocycles. The lowest BCUT2D eigenvalue weighted by atomic mass is 10.1. The average molecular weight is 251 g/mol. The van der Waals surface area contributed by atoms with Crippen LogP contribution < -0.4 is 4.74 Å². The van der Waals surface area contributed by atoms with Crippen molar-refractivity contribution < 1.29 is 14.3 Å². The fourth-order valence-electron chi connectivity index (χ4n) is 1.42. The molecule has 4 nitrogen and oxygen atoms in total. The summed E-state index contributed by atoms with van der Waals surface area (Å²) >= 11 is 4.27. The molecular weight excluding hydrogens is 238 g/mol. The SMILES string of the molecule is CCOC(=O)Cc1ccc(C#N)c(OC)c1S. The van der Waals surface area contributed by atoms with Crippen molar-refractivity contribution in [2.24, 2.45) is 0 Å². The highest BCUT2D eigenvalue weighted by Gasteiger charge is 2.14. The van der Waals surface area contributed by atoms with Crippen LogP contribution in [0.3, 0.4) is 0 Å². The molecule has 0 amide bonds.